The monoisotopic (exact) mass is 306 g/mol. The van der Waals surface area contributed by atoms with Crippen LogP contribution in [-0.4, -0.2) is 57.3 Å². The Bertz CT molecular complexity index is 399. The molecule has 0 spiro atoms. The van der Waals surface area contributed by atoms with Crippen LogP contribution in [0.1, 0.15) is 32.6 Å². The smallest absolute Gasteiger partial charge is 0.279 e. The fraction of sp³-hybridized carbons (Fsp3) is 1.00. The molecule has 0 saturated carbocycles. The van der Waals surface area contributed by atoms with E-state index >= 15 is 0 Å². The highest BCUT2D eigenvalue weighted by atomic mass is 32.2. The Kier molecular flexibility index (Phi) is 5.42. The lowest BCUT2D eigenvalue weighted by Crippen LogP contribution is -2.48. The van der Waals surface area contributed by atoms with Crippen LogP contribution < -0.4 is 4.72 Å². The van der Waals surface area contributed by atoms with Gasteiger partial charge < -0.3 is 9.84 Å². The number of hydrogen-bond donors (Lipinski definition) is 2. The summed E-state index contributed by atoms with van der Waals surface area (Å²) in [6.45, 7) is 5.15. The summed E-state index contributed by atoms with van der Waals surface area (Å²) in [5, 5.41) is 9.09. The van der Waals surface area contributed by atoms with E-state index in [9.17, 15) is 8.42 Å². The lowest BCUT2D eigenvalue weighted by Gasteiger charge is -2.35. The Balaban J connectivity index is 1.85. The number of rotatable bonds is 5. The van der Waals surface area contributed by atoms with Crippen LogP contribution in [0.25, 0.3) is 0 Å². The molecular formula is C13H26N2O4S. The molecule has 0 aliphatic carbocycles. The summed E-state index contributed by atoms with van der Waals surface area (Å²) in [5.41, 5.74) is -0.00522. The normalized spacial score (nSPS) is 25.7. The third-order valence-corrected chi connectivity index (χ3v) is 6.11. The van der Waals surface area contributed by atoms with Crippen molar-refractivity contribution in [3.05, 3.63) is 0 Å². The molecular weight excluding hydrogens is 280 g/mol. The Labute approximate surface area is 121 Å². The highest BCUT2D eigenvalue weighted by Gasteiger charge is 2.32. The van der Waals surface area contributed by atoms with Crippen LogP contribution in [0.3, 0.4) is 0 Å². The van der Waals surface area contributed by atoms with Crippen molar-refractivity contribution in [3.8, 4) is 0 Å². The topological polar surface area (TPSA) is 78.9 Å². The quantitative estimate of drug-likeness (QED) is 0.768. The fourth-order valence-electron chi connectivity index (χ4n) is 2.73. The van der Waals surface area contributed by atoms with E-state index in [0.29, 0.717) is 32.8 Å². The predicted octanol–water partition coefficient (Wildman–Crippen LogP) is 0.342. The van der Waals surface area contributed by atoms with Gasteiger partial charge in [-0.25, -0.2) is 4.72 Å². The molecule has 2 rings (SSSR count). The maximum absolute atomic E-state index is 12.3. The van der Waals surface area contributed by atoms with E-state index in [1.165, 1.54) is 4.31 Å². The number of aliphatic hydroxyl groups is 1. The van der Waals surface area contributed by atoms with Crippen LogP contribution in [-0.2, 0) is 14.9 Å². The van der Waals surface area contributed by atoms with Crippen LogP contribution in [0.2, 0.25) is 0 Å². The van der Waals surface area contributed by atoms with Crippen molar-refractivity contribution in [2.75, 3.05) is 39.5 Å². The molecule has 2 saturated heterocycles. The Morgan fingerprint density at radius 2 is 1.90 bits per heavy atom. The first kappa shape index (κ1) is 16.2. The SMILES string of the molecule is CC1(CNS(=O)(=O)N2CCC(CO)CC2)CCOCC1. The summed E-state index contributed by atoms with van der Waals surface area (Å²) in [6, 6.07) is 0. The molecule has 2 fully saturated rings. The van der Waals surface area contributed by atoms with Crippen molar-refractivity contribution in [1.29, 1.82) is 0 Å². The molecule has 0 radical (unpaired) electrons. The molecule has 2 heterocycles. The lowest BCUT2D eigenvalue weighted by molar-refractivity contribution is 0.0262. The summed E-state index contributed by atoms with van der Waals surface area (Å²) < 4.78 is 34.2. The number of aliphatic hydroxyl groups excluding tert-OH is 1. The summed E-state index contributed by atoms with van der Waals surface area (Å²) in [4.78, 5) is 0. The van der Waals surface area contributed by atoms with Gasteiger partial charge in [0.1, 0.15) is 0 Å². The third-order valence-electron chi connectivity index (χ3n) is 4.55. The molecule has 20 heavy (non-hydrogen) atoms. The second kappa shape index (κ2) is 6.70. The van der Waals surface area contributed by atoms with Gasteiger partial charge in [-0.05, 0) is 37.0 Å². The first-order chi connectivity index (χ1) is 9.45. The van der Waals surface area contributed by atoms with E-state index in [4.69, 9.17) is 9.84 Å². The summed E-state index contributed by atoms with van der Waals surface area (Å²) >= 11 is 0. The Morgan fingerprint density at radius 1 is 1.30 bits per heavy atom. The van der Waals surface area contributed by atoms with Gasteiger partial charge in [0.15, 0.2) is 0 Å². The zero-order valence-electron chi connectivity index (χ0n) is 12.2. The fourth-order valence-corrected chi connectivity index (χ4v) is 4.13. The number of nitrogens with one attached hydrogen (secondary N) is 1. The summed E-state index contributed by atoms with van der Waals surface area (Å²) in [7, 11) is -3.39. The molecule has 0 unspecified atom stereocenters. The second-order valence-electron chi connectivity index (χ2n) is 6.27. The largest absolute Gasteiger partial charge is 0.396 e. The number of nitrogens with zero attached hydrogens (tertiary/aromatic N) is 1. The third kappa shape index (κ3) is 4.14. The molecule has 0 aromatic carbocycles. The van der Waals surface area contributed by atoms with Gasteiger partial charge in [0.05, 0.1) is 0 Å². The molecule has 7 heteroatoms. The molecule has 2 aliphatic rings. The van der Waals surface area contributed by atoms with Gasteiger partial charge in [0.25, 0.3) is 10.2 Å². The highest BCUT2D eigenvalue weighted by molar-refractivity contribution is 7.87. The molecule has 2 N–H and O–H groups in total. The van der Waals surface area contributed by atoms with E-state index in [1.54, 1.807) is 0 Å². The van der Waals surface area contributed by atoms with Crippen molar-refractivity contribution < 1.29 is 18.3 Å². The van der Waals surface area contributed by atoms with Crippen LogP contribution >= 0.6 is 0 Å². The Morgan fingerprint density at radius 3 is 2.45 bits per heavy atom. The molecule has 0 bridgehead atoms. The summed E-state index contributed by atoms with van der Waals surface area (Å²) in [5.74, 6) is 0.245. The van der Waals surface area contributed by atoms with E-state index in [0.717, 1.165) is 25.7 Å². The average molecular weight is 306 g/mol. The molecule has 0 amide bonds. The number of piperidine rings is 1. The second-order valence-corrected chi connectivity index (χ2v) is 8.03. The van der Waals surface area contributed by atoms with Gasteiger partial charge in [0.2, 0.25) is 0 Å². The Hall–Kier alpha value is -0.210. The zero-order chi connectivity index (χ0) is 14.6. The maximum Gasteiger partial charge on any atom is 0.279 e. The molecule has 0 atom stereocenters. The number of hydrogen-bond acceptors (Lipinski definition) is 4. The van der Waals surface area contributed by atoms with Crippen LogP contribution in [0, 0.1) is 11.3 Å². The van der Waals surface area contributed by atoms with Crippen molar-refractivity contribution >= 4 is 10.2 Å². The van der Waals surface area contributed by atoms with Crippen LogP contribution in [0.5, 0.6) is 0 Å². The predicted molar refractivity (Wildman–Crippen MR) is 76.5 cm³/mol. The van der Waals surface area contributed by atoms with Crippen molar-refractivity contribution in [2.45, 2.75) is 32.6 Å². The van der Waals surface area contributed by atoms with Gasteiger partial charge in [-0.3, -0.25) is 0 Å². The highest BCUT2D eigenvalue weighted by Crippen LogP contribution is 2.29. The van der Waals surface area contributed by atoms with Gasteiger partial charge in [-0.2, -0.15) is 12.7 Å². The molecule has 0 aromatic rings. The van der Waals surface area contributed by atoms with Gasteiger partial charge >= 0.3 is 0 Å². The molecule has 2 aliphatic heterocycles. The van der Waals surface area contributed by atoms with Gasteiger partial charge in [0, 0.05) is 39.5 Å². The lowest BCUT2D eigenvalue weighted by atomic mass is 9.83. The van der Waals surface area contributed by atoms with E-state index in [-0.39, 0.29) is 17.9 Å². The average Bonchev–Trinajstić information content (AvgIpc) is 2.46. The minimum atomic E-state index is -3.39. The minimum Gasteiger partial charge on any atom is -0.396 e. The van der Waals surface area contributed by atoms with E-state index in [1.807, 2.05) is 0 Å². The van der Waals surface area contributed by atoms with Crippen molar-refractivity contribution in [3.63, 3.8) is 0 Å². The minimum absolute atomic E-state index is 0.00522. The van der Waals surface area contributed by atoms with Crippen LogP contribution in [0.4, 0.5) is 0 Å². The van der Waals surface area contributed by atoms with Crippen molar-refractivity contribution in [1.82, 2.24) is 9.03 Å². The summed E-state index contributed by atoms with van der Waals surface area (Å²) in [6.07, 6.45) is 3.26. The molecule has 6 nitrogen and oxygen atoms in total. The first-order valence-electron chi connectivity index (χ1n) is 7.39. The van der Waals surface area contributed by atoms with Crippen LogP contribution in [0.15, 0.2) is 0 Å². The van der Waals surface area contributed by atoms with Crippen molar-refractivity contribution in [2.24, 2.45) is 11.3 Å². The molecule has 118 valence electrons. The zero-order valence-corrected chi connectivity index (χ0v) is 13.0. The maximum atomic E-state index is 12.3. The van der Waals surface area contributed by atoms with Gasteiger partial charge in [-0.1, -0.05) is 6.92 Å². The van der Waals surface area contributed by atoms with Gasteiger partial charge in [-0.15, -0.1) is 0 Å². The number of ether oxygens (including phenoxy) is 1. The van der Waals surface area contributed by atoms with E-state index in [2.05, 4.69) is 11.6 Å². The molecule has 0 aromatic heterocycles. The standard InChI is InChI=1S/C13H26N2O4S/c1-13(4-8-19-9-5-13)11-14-20(17,18)15-6-2-12(10-16)3-7-15/h12,14,16H,2-11H2,1H3. The van der Waals surface area contributed by atoms with E-state index < -0.39 is 10.2 Å². The first-order valence-corrected chi connectivity index (χ1v) is 8.83.